The number of hydrogen-bond acceptors (Lipinski definition) is 2. The van der Waals surface area contributed by atoms with Crippen molar-refractivity contribution in [3.63, 3.8) is 0 Å². The van der Waals surface area contributed by atoms with Gasteiger partial charge >= 0.3 is 0 Å². The van der Waals surface area contributed by atoms with Gasteiger partial charge in [0.05, 0.1) is 6.10 Å². The largest absolute Gasteiger partial charge is 0.490 e. The molecule has 1 aromatic carbocycles. The lowest BCUT2D eigenvalue weighted by Gasteiger charge is -2.17. The van der Waals surface area contributed by atoms with E-state index < -0.39 is 5.91 Å². The minimum Gasteiger partial charge on any atom is -0.490 e. The summed E-state index contributed by atoms with van der Waals surface area (Å²) < 4.78 is 5.81. The first-order chi connectivity index (χ1) is 7.45. The number of nitrogens with two attached hydrogens (primary N) is 1. The van der Waals surface area contributed by atoms with Crippen molar-refractivity contribution in [1.29, 1.82) is 0 Å². The zero-order chi connectivity index (χ0) is 12.3. The van der Waals surface area contributed by atoms with E-state index >= 15 is 0 Å². The molecular weight excluding hydrogens is 202 g/mol. The van der Waals surface area contributed by atoms with Gasteiger partial charge in [-0.05, 0) is 50.5 Å². The van der Waals surface area contributed by atoms with Crippen molar-refractivity contribution in [2.45, 2.75) is 40.2 Å². The van der Waals surface area contributed by atoms with E-state index in [1.807, 2.05) is 20.8 Å². The summed E-state index contributed by atoms with van der Waals surface area (Å²) in [4.78, 5) is 11.1. The van der Waals surface area contributed by atoms with E-state index in [-0.39, 0.29) is 6.10 Å². The second kappa shape index (κ2) is 5.01. The Morgan fingerprint density at radius 3 is 2.25 bits per heavy atom. The predicted octanol–water partition coefficient (Wildman–Crippen LogP) is 2.58. The molecule has 0 fully saturated rings. The molecule has 0 bridgehead atoms. The molecule has 2 N–H and O–H groups in total. The lowest BCUT2D eigenvalue weighted by molar-refractivity contribution is 0.1000. The summed E-state index contributed by atoms with van der Waals surface area (Å²) in [6.07, 6.45) is 1.13. The van der Waals surface area contributed by atoms with Crippen LogP contribution in [-0.2, 0) is 0 Å². The van der Waals surface area contributed by atoms with Crippen LogP contribution < -0.4 is 10.5 Å². The molecular formula is C13H19NO2. The van der Waals surface area contributed by atoms with E-state index in [4.69, 9.17) is 10.5 Å². The number of primary amides is 1. The summed E-state index contributed by atoms with van der Waals surface area (Å²) in [5.74, 6) is 0.459. The minimum absolute atomic E-state index is 0.178. The Bertz CT molecular complexity index is 376. The van der Waals surface area contributed by atoms with Gasteiger partial charge in [0, 0.05) is 5.56 Å². The van der Waals surface area contributed by atoms with Crippen LogP contribution >= 0.6 is 0 Å². The van der Waals surface area contributed by atoms with Crippen molar-refractivity contribution >= 4 is 5.91 Å². The highest BCUT2D eigenvalue weighted by atomic mass is 16.5. The van der Waals surface area contributed by atoms with Crippen LogP contribution in [0.15, 0.2) is 12.1 Å². The highest BCUT2D eigenvalue weighted by Gasteiger charge is 2.11. The maximum atomic E-state index is 11.1. The van der Waals surface area contributed by atoms with Crippen LogP contribution in [-0.4, -0.2) is 12.0 Å². The molecule has 0 aliphatic carbocycles. The molecule has 1 unspecified atom stereocenters. The van der Waals surface area contributed by atoms with Crippen molar-refractivity contribution in [3.8, 4) is 5.75 Å². The standard InChI is InChI=1S/C13H19NO2/c1-5-10(4)16-12-8(2)6-11(13(14)15)7-9(12)3/h6-7,10H,5H2,1-4H3,(H2,14,15). The van der Waals surface area contributed by atoms with Gasteiger partial charge in [0.25, 0.3) is 0 Å². The maximum absolute atomic E-state index is 11.1. The molecule has 3 nitrogen and oxygen atoms in total. The predicted molar refractivity (Wildman–Crippen MR) is 64.8 cm³/mol. The van der Waals surface area contributed by atoms with Gasteiger partial charge in [-0.25, -0.2) is 0 Å². The third-order valence-electron chi connectivity index (χ3n) is 2.64. The molecule has 0 saturated carbocycles. The number of hydrogen-bond donors (Lipinski definition) is 1. The van der Waals surface area contributed by atoms with E-state index in [1.54, 1.807) is 12.1 Å². The van der Waals surface area contributed by atoms with Crippen LogP contribution in [0.1, 0.15) is 41.8 Å². The molecule has 0 aliphatic heterocycles. The summed E-state index contributed by atoms with van der Waals surface area (Å²) in [6.45, 7) is 7.96. The molecule has 1 rings (SSSR count). The van der Waals surface area contributed by atoms with Gasteiger partial charge in [0.1, 0.15) is 5.75 Å². The summed E-state index contributed by atoms with van der Waals surface area (Å²) in [5.41, 5.74) is 7.69. The summed E-state index contributed by atoms with van der Waals surface area (Å²) >= 11 is 0. The first-order valence-corrected chi connectivity index (χ1v) is 5.53. The Labute approximate surface area is 96.6 Å². The van der Waals surface area contributed by atoms with Crippen LogP contribution in [0.25, 0.3) is 0 Å². The van der Waals surface area contributed by atoms with Crippen LogP contribution in [0.5, 0.6) is 5.75 Å². The Morgan fingerprint density at radius 1 is 1.38 bits per heavy atom. The monoisotopic (exact) mass is 221 g/mol. The zero-order valence-corrected chi connectivity index (χ0v) is 10.3. The number of rotatable bonds is 4. The quantitative estimate of drug-likeness (QED) is 0.849. The average Bonchev–Trinajstić information content (AvgIpc) is 2.22. The van der Waals surface area contributed by atoms with Crippen molar-refractivity contribution in [3.05, 3.63) is 28.8 Å². The van der Waals surface area contributed by atoms with E-state index in [0.29, 0.717) is 5.56 Å². The number of benzene rings is 1. The molecule has 0 saturated heterocycles. The fourth-order valence-electron chi connectivity index (χ4n) is 1.56. The van der Waals surface area contributed by atoms with Gasteiger partial charge in [0.15, 0.2) is 0 Å². The molecule has 0 aliphatic rings. The lowest BCUT2D eigenvalue weighted by atomic mass is 10.1. The van der Waals surface area contributed by atoms with Crippen molar-refractivity contribution in [2.75, 3.05) is 0 Å². The average molecular weight is 221 g/mol. The van der Waals surface area contributed by atoms with E-state index in [1.165, 1.54) is 0 Å². The van der Waals surface area contributed by atoms with Crippen LogP contribution in [0, 0.1) is 13.8 Å². The normalized spacial score (nSPS) is 12.2. The Kier molecular flexibility index (Phi) is 3.93. The molecule has 0 spiro atoms. The van der Waals surface area contributed by atoms with Crippen LogP contribution in [0.2, 0.25) is 0 Å². The van der Waals surface area contributed by atoms with Gasteiger partial charge in [0.2, 0.25) is 5.91 Å². The maximum Gasteiger partial charge on any atom is 0.248 e. The first kappa shape index (κ1) is 12.6. The smallest absolute Gasteiger partial charge is 0.248 e. The lowest BCUT2D eigenvalue weighted by Crippen LogP contribution is -2.14. The van der Waals surface area contributed by atoms with Gasteiger partial charge in [-0.3, -0.25) is 4.79 Å². The zero-order valence-electron chi connectivity index (χ0n) is 10.3. The molecule has 3 heteroatoms. The Morgan fingerprint density at radius 2 is 1.88 bits per heavy atom. The van der Waals surface area contributed by atoms with E-state index in [9.17, 15) is 4.79 Å². The third-order valence-corrected chi connectivity index (χ3v) is 2.64. The molecule has 1 atom stereocenters. The second-order valence-electron chi connectivity index (χ2n) is 4.14. The molecule has 0 heterocycles. The molecule has 0 aromatic heterocycles. The molecule has 88 valence electrons. The number of ether oxygens (including phenoxy) is 1. The third kappa shape index (κ3) is 2.75. The summed E-state index contributed by atoms with van der Waals surface area (Å²) in [5, 5.41) is 0. The topological polar surface area (TPSA) is 52.3 Å². The van der Waals surface area contributed by atoms with Gasteiger partial charge in [-0.2, -0.15) is 0 Å². The summed E-state index contributed by atoms with van der Waals surface area (Å²) in [7, 11) is 0. The molecule has 16 heavy (non-hydrogen) atoms. The highest BCUT2D eigenvalue weighted by molar-refractivity contribution is 5.93. The van der Waals surface area contributed by atoms with E-state index in [0.717, 1.165) is 23.3 Å². The van der Waals surface area contributed by atoms with Gasteiger partial charge in [-0.15, -0.1) is 0 Å². The number of carbonyl (C=O) groups is 1. The van der Waals surface area contributed by atoms with Gasteiger partial charge in [-0.1, -0.05) is 6.92 Å². The van der Waals surface area contributed by atoms with Crippen molar-refractivity contribution in [1.82, 2.24) is 0 Å². The summed E-state index contributed by atoms with van der Waals surface area (Å²) in [6, 6.07) is 3.54. The second-order valence-corrected chi connectivity index (χ2v) is 4.14. The van der Waals surface area contributed by atoms with E-state index in [2.05, 4.69) is 6.92 Å². The molecule has 0 radical (unpaired) electrons. The number of carbonyl (C=O) groups excluding carboxylic acids is 1. The highest BCUT2D eigenvalue weighted by Crippen LogP contribution is 2.26. The van der Waals surface area contributed by atoms with Crippen molar-refractivity contribution < 1.29 is 9.53 Å². The van der Waals surface area contributed by atoms with Crippen LogP contribution in [0.4, 0.5) is 0 Å². The Balaban J connectivity index is 3.07. The minimum atomic E-state index is -0.402. The number of amides is 1. The number of aryl methyl sites for hydroxylation is 2. The first-order valence-electron chi connectivity index (χ1n) is 5.53. The Hall–Kier alpha value is -1.51. The van der Waals surface area contributed by atoms with Crippen molar-refractivity contribution in [2.24, 2.45) is 5.73 Å². The van der Waals surface area contributed by atoms with Crippen LogP contribution in [0.3, 0.4) is 0 Å². The molecule has 1 aromatic rings. The molecule has 1 amide bonds. The fourth-order valence-corrected chi connectivity index (χ4v) is 1.56. The SMILES string of the molecule is CCC(C)Oc1c(C)cc(C(N)=O)cc1C. The fraction of sp³-hybridized carbons (Fsp3) is 0.462. The van der Waals surface area contributed by atoms with Gasteiger partial charge < -0.3 is 10.5 Å².